The lowest BCUT2D eigenvalue weighted by Crippen LogP contribution is -2.40. The zero-order chi connectivity index (χ0) is 14.6. The van der Waals surface area contributed by atoms with Crippen LogP contribution in [0.5, 0.6) is 0 Å². The number of carbonyl (C=O) groups is 2. The van der Waals surface area contributed by atoms with Gasteiger partial charge in [-0.15, -0.1) is 11.7 Å². The van der Waals surface area contributed by atoms with Crippen molar-refractivity contribution in [2.45, 2.75) is 38.6 Å². The number of carboxylic acid groups (broad SMARTS) is 1. The molecule has 0 radical (unpaired) electrons. The minimum Gasteiger partial charge on any atom is -0.480 e. The lowest BCUT2D eigenvalue weighted by Gasteiger charge is -2.13. The van der Waals surface area contributed by atoms with Crippen molar-refractivity contribution in [1.82, 2.24) is 20.5 Å². The molecule has 1 amide bonds. The summed E-state index contributed by atoms with van der Waals surface area (Å²) in [5, 5.41) is 17.7. The van der Waals surface area contributed by atoms with E-state index in [1.807, 2.05) is 20.8 Å². The van der Waals surface area contributed by atoms with Crippen LogP contribution in [-0.4, -0.2) is 38.2 Å². The molecule has 104 valence electrons. The number of nitrogens with one attached hydrogen (secondary N) is 2. The van der Waals surface area contributed by atoms with E-state index in [-0.39, 0.29) is 17.7 Å². The molecule has 19 heavy (non-hydrogen) atoms. The molecular weight excluding hydrogens is 248 g/mol. The number of rotatable bonds is 5. The van der Waals surface area contributed by atoms with Crippen LogP contribution in [0.2, 0.25) is 0 Å². The second-order valence-electron chi connectivity index (χ2n) is 5.15. The maximum absolute atomic E-state index is 11.8. The van der Waals surface area contributed by atoms with E-state index in [2.05, 4.69) is 27.1 Å². The van der Waals surface area contributed by atoms with Crippen LogP contribution in [0.3, 0.4) is 0 Å². The number of hydrogen-bond acceptors (Lipinski definition) is 4. The first-order valence-electron chi connectivity index (χ1n) is 5.83. The summed E-state index contributed by atoms with van der Waals surface area (Å²) in [6.45, 7) is 9.22. The van der Waals surface area contributed by atoms with Gasteiger partial charge in [0, 0.05) is 5.41 Å². The Hall–Kier alpha value is -2.18. The van der Waals surface area contributed by atoms with Crippen LogP contribution in [0.25, 0.3) is 0 Å². The molecule has 1 heterocycles. The van der Waals surface area contributed by atoms with Gasteiger partial charge in [0.15, 0.2) is 0 Å². The van der Waals surface area contributed by atoms with Gasteiger partial charge in [0.1, 0.15) is 11.9 Å². The molecule has 0 aliphatic rings. The lowest BCUT2D eigenvalue weighted by atomic mass is 9.96. The molecule has 0 aliphatic heterocycles. The van der Waals surface area contributed by atoms with Crippen LogP contribution in [-0.2, 0) is 10.2 Å². The minimum absolute atomic E-state index is 0.0692. The Bertz CT molecular complexity index is 487. The predicted octanol–water partition coefficient (Wildman–Crippen LogP) is 0.861. The maximum Gasteiger partial charge on any atom is 0.326 e. The average Bonchev–Trinajstić information content (AvgIpc) is 2.76. The zero-order valence-corrected chi connectivity index (χ0v) is 11.2. The van der Waals surface area contributed by atoms with Crippen molar-refractivity contribution < 1.29 is 14.7 Å². The first kappa shape index (κ1) is 14.9. The molecule has 0 aromatic carbocycles. The van der Waals surface area contributed by atoms with Gasteiger partial charge in [-0.1, -0.05) is 26.8 Å². The standard InChI is InChI=1S/C12H18N4O3/c1-5-6-7(10(18)19)13-9(17)8-14-11(16-15-8)12(2,3)4/h5,7H,1,6H2,2-4H3,(H,13,17)(H,18,19)(H,14,15,16). The Morgan fingerprint density at radius 1 is 1.53 bits per heavy atom. The minimum atomic E-state index is -1.13. The molecule has 1 aromatic rings. The lowest BCUT2D eigenvalue weighted by molar-refractivity contribution is -0.139. The Balaban J connectivity index is 2.80. The highest BCUT2D eigenvalue weighted by Gasteiger charge is 2.24. The number of aliphatic carboxylic acids is 1. The number of aromatic amines is 1. The Labute approximate surface area is 111 Å². The summed E-state index contributed by atoms with van der Waals surface area (Å²) in [7, 11) is 0. The van der Waals surface area contributed by atoms with Crippen LogP contribution in [0.15, 0.2) is 12.7 Å². The predicted molar refractivity (Wildman–Crippen MR) is 68.8 cm³/mol. The van der Waals surface area contributed by atoms with Crippen LogP contribution >= 0.6 is 0 Å². The average molecular weight is 266 g/mol. The second-order valence-corrected chi connectivity index (χ2v) is 5.15. The molecule has 3 N–H and O–H groups in total. The highest BCUT2D eigenvalue weighted by atomic mass is 16.4. The van der Waals surface area contributed by atoms with Gasteiger partial charge >= 0.3 is 5.97 Å². The highest BCUT2D eigenvalue weighted by Crippen LogP contribution is 2.17. The molecule has 0 saturated carbocycles. The van der Waals surface area contributed by atoms with Crippen molar-refractivity contribution in [3.63, 3.8) is 0 Å². The number of carbonyl (C=O) groups excluding carboxylic acids is 1. The van der Waals surface area contributed by atoms with Crippen molar-refractivity contribution in [3.8, 4) is 0 Å². The summed E-state index contributed by atoms with van der Waals surface area (Å²) in [6.07, 6.45) is 1.56. The third-order valence-corrected chi connectivity index (χ3v) is 2.40. The maximum atomic E-state index is 11.8. The fourth-order valence-corrected chi connectivity index (χ4v) is 1.31. The molecule has 0 bridgehead atoms. The fraction of sp³-hybridized carbons (Fsp3) is 0.500. The number of nitrogens with zero attached hydrogens (tertiary/aromatic N) is 2. The molecule has 1 rings (SSSR count). The number of hydrogen-bond donors (Lipinski definition) is 3. The molecule has 0 aliphatic carbocycles. The smallest absolute Gasteiger partial charge is 0.326 e. The Morgan fingerprint density at radius 3 is 2.58 bits per heavy atom. The first-order valence-corrected chi connectivity index (χ1v) is 5.83. The van der Waals surface area contributed by atoms with Crippen LogP contribution in [0.4, 0.5) is 0 Å². The molecule has 1 aromatic heterocycles. The van der Waals surface area contributed by atoms with Crippen molar-refractivity contribution in [3.05, 3.63) is 24.3 Å². The van der Waals surface area contributed by atoms with E-state index in [4.69, 9.17) is 5.11 Å². The normalized spacial score (nSPS) is 12.8. The monoisotopic (exact) mass is 266 g/mol. The van der Waals surface area contributed by atoms with Gasteiger partial charge < -0.3 is 10.4 Å². The summed E-state index contributed by atoms with van der Waals surface area (Å²) >= 11 is 0. The molecule has 0 fully saturated rings. The number of aromatic nitrogens is 3. The Kier molecular flexibility index (Phi) is 4.42. The number of amides is 1. The van der Waals surface area contributed by atoms with Gasteiger partial charge in [-0.3, -0.25) is 9.89 Å². The van der Waals surface area contributed by atoms with Crippen LogP contribution < -0.4 is 5.32 Å². The van der Waals surface area contributed by atoms with E-state index in [1.54, 1.807) is 0 Å². The Morgan fingerprint density at radius 2 is 2.16 bits per heavy atom. The SMILES string of the molecule is C=CCC(NC(=O)c1n[nH]c(C(C)(C)C)n1)C(=O)O. The molecule has 7 heteroatoms. The van der Waals surface area contributed by atoms with Gasteiger partial charge in [-0.2, -0.15) is 0 Å². The second kappa shape index (κ2) is 5.64. The van der Waals surface area contributed by atoms with Crippen LogP contribution in [0.1, 0.15) is 43.6 Å². The zero-order valence-electron chi connectivity index (χ0n) is 11.2. The summed E-state index contributed by atoms with van der Waals surface area (Å²) in [6, 6.07) is -1.03. The van der Waals surface area contributed by atoms with Gasteiger partial charge in [-0.05, 0) is 6.42 Å². The van der Waals surface area contributed by atoms with Crippen molar-refractivity contribution in [2.75, 3.05) is 0 Å². The molecule has 0 spiro atoms. The molecular formula is C12H18N4O3. The number of carboxylic acids is 1. The molecule has 0 saturated heterocycles. The van der Waals surface area contributed by atoms with E-state index in [9.17, 15) is 9.59 Å². The largest absolute Gasteiger partial charge is 0.480 e. The van der Waals surface area contributed by atoms with Gasteiger partial charge in [0.2, 0.25) is 5.82 Å². The van der Waals surface area contributed by atoms with Gasteiger partial charge in [0.05, 0.1) is 0 Å². The topological polar surface area (TPSA) is 108 Å². The fourth-order valence-electron chi connectivity index (χ4n) is 1.31. The third kappa shape index (κ3) is 3.90. The summed E-state index contributed by atoms with van der Waals surface area (Å²) in [4.78, 5) is 26.8. The highest BCUT2D eigenvalue weighted by molar-refractivity contribution is 5.93. The van der Waals surface area contributed by atoms with E-state index in [0.29, 0.717) is 5.82 Å². The van der Waals surface area contributed by atoms with Crippen molar-refractivity contribution >= 4 is 11.9 Å². The molecule has 1 unspecified atom stereocenters. The van der Waals surface area contributed by atoms with Gasteiger partial charge in [-0.25, -0.2) is 9.78 Å². The van der Waals surface area contributed by atoms with E-state index < -0.39 is 17.9 Å². The van der Waals surface area contributed by atoms with E-state index in [0.717, 1.165) is 0 Å². The molecule has 1 atom stereocenters. The van der Waals surface area contributed by atoms with E-state index in [1.165, 1.54) is 6.08 Å². The first-order chi connectivity index (χ1) is 8.75. The molecule has 7 nitrogen and oxygen atoms in total. The van der Waals surface area contributed by atoms with Gasteiger partial charge in [0.25, 0.3) is 5.91 Å². The summed E-state index contributed by atoms with van der Waals surface area (Å²) in [5.41, 5.74) is -0.265. The summed E-state index contributed by atoms with van der Waals surface area (Å²) < 4.78 is 0. The van der Waals surface area contributed by atoms with E-state index >= 15 is 0 Å². The third-order valence-electron chi connectivity index (χ3n) is 2.40. The quantitative estimate of drug-likeness (QED) is 0.685. The van der Waals surface area contributed by atoms with Crippen LogP contribution in [0, 0.1) is 0 Å². The van der Waals surface area contributed by atoms with Crippen molar-refractivity contribution in [1.29, 1.82) is 0 Å². The summed E-state index contributed by atoms with van der Waals surface area (Å²) in [5.74, 6) is -1.26. The van der Waals surface area contributed by atoms with Crippen molar-refractivity contribution in [2.24, 2.45) is 0 Å². The number of H-pyrrole nitrogens is 1.